The molecule has 0 aliphatic rings. The summed E-state index contributed by atoms with van der Waals surface area (Å²) >= 11 is 0. The Kier molecular flexibility index (Phi) is 3.20. The number of rotatable bonds is 3. The maximum Gasteiger partial charge on any atom is 0.339 e. The SMILES string of the molecule is Cc1cc(C(=O)OCC(N)=O)c2c(C)nn(C)c2n1. The van der Waals surface area contributed by atoms with Gasteiger partial charge in [0.05, 0.1) is 16.6 Å². The highest BCUT2D eigenvalue weighted by Crippen LogP contribution is 2.22. The van der Waals surface area contributed by atoms with Gasteiger partial charge in [-0.25, -0.2) is 9.78 Å². The number of hydrogen-bond acceptors (Lipinski definition) is 5. The van der Waals surface area contributed by atoms with Crippen LogP contribution in [0.3, 0.4) is 0 Å². The predicted molar refractivity (Wildman–Crippen MR) is 67.5 cm³/mol. The van der Waals surface area contributed by atoms with E-state index in [4.69, 9.17) is 10.5 Å². The molecular weight excluding hydrogens is 248 g/mol. The van der Waals surface area contributed by atoms with Gasteiger partial charge in [-0.05, 0) is 19.9 Å². The van der Waals surface area contributed by atoms with Gasteiger partial charge >= 0.3 is 5.97 Å². The van der Waals surface area contributed by atoms with Gasteiger partial charge in [-0.2, -0.15) is 5.10 Å². The van der Waals surface area contributed by atoms with Crippen molar-refractivity contribution >= 4 is 22.9 Å². The fourth-order valence-corrected chi connectivity index (χ4v) is 1.95. The minimum Gasteiger partial charge on any atom is -0.452 e. The molecular formula is C12H14N4O3. The zero-order chi connectivity index (χ0) is 14.2. The summed E-state index contributed by atoms with van der Waals surface area (Å²) in [5.74, 6) is -1.30. The molecule has 0 saturated heterocycles. The predicted octanol–water partition coefficient (Wildman–Crippen LogP) is 0.227. The molecule has 2 aromatic rings. The van der Waals surface area contributed by atoms with Crippen molar-refractivity contribution in [2.75, 3.05) is 6.61 Å². The standard InChI is InChI=1S/C12H14N4O3/c1-6-4-8(12(18)19-5-9(13)17)10-7(2)15-16(3)11(10)14-6/h4H,5H2,1-3H3,(H2,13,17). The van der Waals surface area contributed by atoms with E-state index in [-0.39, 0.29) is 0 Å². The lowest BCUT2D eigenvalue weighted by Crippen LogP contribution is -2.21. The average Bonchev–Trinajstić information content (AvgIpc) is 2.61. The molecule has 7 heteroatoms. The monoisotopic (exact) mass is 262 g/mol. The number of primary amides is 1. The highest BCUT2D eigenvalue weighted by atomic mass is 16.5. The van der Waals surface area contributed by atoms with Crippen LogP contribution in [0.5, 0.6) is 0 Å². The van der Waals surface area contributed by atoms with Gasteiger partial charge in [0.1, 0.15) is 0 Å². The molecule has 0 saturated carbocycles. The molecule has 19 heavy (non-hydrogen) atoms. The Hall–Kier alpha value is -2.44. The van der Waals surface area contributed by atoms with Crippen LogP contribution in [-0.4, -0.2) is 33.2 Å². The van der Waals surface area contributed by atoms with Crippen LogP contribution in [0.25, 0.3) is 11.0 Å². The molecule has 0 aliphatic heterocycles. The molecule has 0 fully saturated rings. The van der Waals surface area contributed by atoms with Crippen molar-refractivity contribution in [1.82, 2.24) is 14.8 Å². The van der Waals surface area contributed by atoms with Gasteiger partial charge in [0.25, 0.3) is 5.91 Å². The van der Waals surface area contributed by atoms with Crippen LogP contribution in [0.4, 0.5) is 0 Å². The molecule has 100 valence electrons. The van der Waals surface area contributed by atoms with E-state index < -0.39 is 18.5 Å². The summed E-state index contributed by atoms with van der Waals surface area (Å²) < 4.78 is 6.44. The number of fused-ring (bicyclic) bond motifs is 1. The van der Waals surface area contributed by atoms with Crippen molar-refractivity contribution in [2.45, 2.75) is 13.8 Å². The molecule has 0 unspecified atom stereocenters. The topological polar surface area (TPSA) is 100 Å². The van der Waals surface area contributed by atoms with Gasteiger partial charge in [0, 0.05) is 12.7 Å². The maximum atomic E-state index is 12.0. The van der Waals surface area contributed by atoms with E-state index in [2.05, 4.69) is 10.1 Å². The summed E-state index contributed by atoms with van der Waals surface area (Å²) in [6.45, 7) is 3.11. The van der Waals surface area contributed by atoms with Crippen molar-refractivity contribution in [2.24, 2.45) is 12.8 Å². The second kappa shape index (κ2) is 4.68. The van der Waals surface area contributed by atoms with E-state index in [0.717, 1.165) is 0 Å². The molecule has 0 atom stereocenters. The molecule has 2 rings (SSSR count). The summed E-state index contributed by atoms with van der Waals surface area (Å²) in [5.41, 5.74) is 7.24. The van der Waals surface area contributed by atoms with Gasteiger partial charge in [-0.1, -0.05) is 0 Å². The molecule has 1 amide bonds. The molecule has 2 aromatic heterocycles. The van der Waals surface area contributed by atoms with Crippen LogP contribution in [0.1, 0.15) is 21.7 Å². The minimum atomic E-state index is -0.696. The molecule has 7 nitrogen and oxygen atoms in total. The third-order valence-electron chi connectivity index (χ3n) is 2.66. The van der Waals surface area contributed by atoms with Gasteiger partial charge in [-0.3, -0.25) is 9.48 Å². The Labute approximate surface area is 109 Å². The van der Waals surface area contributed by atoms with Crippen LogP contribution in [0.2, 0.25) is 0 Å². The first kappa shape index (κ1) is 13.0. The molecule has 0 bridgehead atoms. The third kappa shape index (κ3) is 2.40. The van der Waals surface area contributed by atoms with E-state index >= 15 is 0 Å². The number of ether oxygens (including phenoxy) is 1. The quantitative estimate of drug-likeness (QED) is 0.798. The Morgan fingerprint density at radius 1 is 1.42 bits per heavy atom. The Bertz CT molecular complexity index is 675. The first-order chi connectivity index (χ1) is 8.90. The highest BCUT2D eigenvalue weighted by molar-refractivity contribution is 6.04. The largest absolute Gasteiger partial charge is 0.452 e. The first-order valence-electron chi connectivity index (χ1n) is 5.66. The lowest BCUT2D eigenvalue weighted by Gasteiger charge is -2.05. The number of nitrogens with two attached hydrogens (primary N) is 1. The zero-order valence-electron chi connectivity index (χ0n) is 10.9. The van der Waals surface area contributed by atoms with Gasteiger partial charge < -0.3 is 10.5 Å². The number of nitrogens with zero attached hydrogens (tertiary/aromatic N) is 3. The second-order valence-electron chi connectivity index (χ2n) is 4.26. The number of amides is 1. The lowest BCUT2D eigenvalue weighted by molar-refractivity contribution is -0.121. The van der Waals surface area contributed by atoms with E-state index in [1.165, 1.54) is 0 Å². The fourth-order valence-electron chi connectivity index (χ4n) is 1.95. The molecule has 0 radical (unpaired) electrons. The zero-order valence-corrected chi connectivity index (χ0v) is 10.9. The Balaban J connectivity index is 2.53. The number of esters is 1. The van der Waals surface area contributed by atoms with Crippen molar-refractivity contribution < 1.29 is 14.3 Å². The molecule has 0 spiro atoms. The normalized spacial score (nSPS) is 10.7. The van der Waals surface area contributed by atoms with Crippen LogP contribution in [-0.2, 0) is 16.6 Å². The number of hydrogen-bond donors (Lipinski definition) is 1. The smallest absolute Gasteiger partial charge is 0.339 e. The van der Waals surface area contributed by atoms with Crippen LogP contribution in [0.15, 0.2) is 6.07 Å². The van der Waals surface area contributed by atoms with Crippen LogP contribution in [0, 0.1) is 13.8 Å². The lowest BCUT2D eigenvalue weighted by atomic mass is 10.1. The molecule has 0 aliphatic carbocycles. The van der Waals surface area contributed by atoms with Crippen LogP contribution < -0.4 is 5.73 Å². The van der Waals surface area contributed by atoms with Crippen molar-refractivity contribution in [3.05, 3.63) is 23.0 Å². The van der Waals surface area contributed by atoms with Gasteiger partial charge in [0.2, 0.25) is 0 Å². The van der Waals surface area contributed by atoms with E-state index in [1.807, 2.05) is 0 Å². The second-order valence-corrected chi connectivity index (χ2v) is 4.26. The van der Waals surface area contributed by atoms with E-state index in [1.54, 1.807) is 31.6 Å². The molecule has 2 N–H and O–H groups in total. The molecule has 2 heterocycles. The maximum absolute atomic E-state index is 12.0. The minimum absolute atomic E-state index is 0.342. The molecule has 0 aromatic carbocycles. The summed E-state index contributed by atoms with van der Waals surface area (Å²) in [7, 11) is 1.75. The summed E-state index contributed by atoms with van der Waals surface area (Å²) in [6.07, 6.45) is 0. The van der Waals surface area contributed by atoms with Crippen molar-refractivity contribution in [3.63, 3.8) is 0 Å². The van der Waals surface area contributed by atoms with E-state index in [9.17, 15) is 9.59 Å². The highest BCUT2D eigenvalue weighted by Gasteiger charge is 2.19. The number of aryl methyl sites for hydroxylation is 3. The van der Waals surface area contributed by atoms with Crippen LogP contribution >= 0.6 is 0 Å². The summed E-state index contributed by atoms with van der Waals surface area (Å²) in [4.78, 5) is 27.0. The van der Waals surface area contributed by atoms with E-state index in [0.29, 0.717) is 28.0 Å². The van der Waals surface area contributed by atoms with Gasteiger partial charge in [0.15, 0.2) is 12.3 Å². The summed E-state index contributed by atoms with van der Waals surface area (Å²) in [5, 5.41) is 4.85. The number of aromatic nitrogens is 3. The van der Waals surface area contributed by atoms with Crippen molar-refractivity contribution in [3.8, 4) is 0 Å². The van der Waals surface area contributed by atoms with Gasteiger partial charge in [-0.15, -0.1) is 0 Å². The number of pyridine rings is 1. The Morgan fingerprint density at radius 3 is 2.74 bits per heavy atom. The fraction of sp³-hybridized carbons (Fsp3) is 0.333. The first-order valence-corrected chi connectivity index (χ1v) is 5.66. The average molecular weight is 262 g/mol. The van der Waals surface area contributed by atoms with Crippen molar-refractivity contribution in [1.29, 1.82) is 0 Å². The number of carbonyl (C=O) groups is 2. The third-order valence-corrected chi connectivity index (χ3v) is 2.66. The Morgan fingerprint density at radius 2 is 2.11 bits per heavy atom. The summed E-state index contributed by atoms with van der Waals surface area (Å²) in [6, 6.07) is 1.61. The number of carbonyl (C=O) groups excluding carboxylic acids is 2.